The number of carbonyl (C=O) groups excluding carboxylic acids is 1. The highest BCUT2D eigenvalue weighted by Gasteiger charge is 2.26. The second kappa shape index (κ2) is 6.01. The van der Waals surface area contributed by atoms with Gasteiger partial charge in [-0.2, -0.15) is 0 Å². The summed E-state index contributed by atoms with van der Waals surface area (Å²) >= 11 is 2.50. The molecule has 0 aliphatic carbocycles. The minimum Gasteiger partial charge on any atom is -0.454 e. The molecular weight excluding hydrogens is 328 g/mol. The second-order valence-corrected chi connectivity index (χ2v) is 6.72. The van der Waals surface area contributed by atoms with E-state index < -0.39 is 4.92 Å². The topological polar surface area (TPSA) is 91.0 Å². The summed E-state index contributed by atoms with van der Waals surface area (Å²) < 4.78 is 11.0. The zero-order valence-electron chi connectivity index (χ0n) is 11.4. The highest BCUT2D eigenvalue weighted by atomic mass is 32.2. The van der Waals surface area contributed by atoms with E-state index >= 15 is 0 Å². The number of hydrogen-bond acceptors (Lipinski definition) is 8. The van der Waals surface area contributed by atoms with Gasteiger partial charge in [0.05, 0.1) is 16.6 Å². The van der Waals surface area contributed by atoms with Gasteiger partial charge in [0.2, 0.25) is 11.9 Å². The third-order valence-corrected chi connectivity index (χ3v) is 4.77. The van der Waals surface area contributed by atoms with Crippen LogP contribution in [-0.4, -0.2) is 27.0 Å². The molecule has 0 saturated carbocycles. The van der Waals surface area contributed by atoms with Gasteiger partial charge >= 0.3 is 0 Å². The molecule has 1 aromatic rings. The van der Waals surface area contributed by atoms with Crippen LogP contribution < -0.4 is 9.47 Å². The Hall–Kier alpha value is -2.00. The van der Waals surface area contributed by atoms with Crippen molar-refractivity contribution >= 4 is 44.8 Å². The number of ether oxygens (including phenoxy) is 2. The Morgan fingerprint density at radius 3 is 2.86 bits per heavy atom. The van der Waals surface area contributed by atoms with Gasteiger partial charge in [-0.25, -0.2) is 4.99 Å². The first kappa shape index (κ1) is 14.9. The zero-order chi connectivity index (χ0) is 15.7. The lowest BCUT2D eigenvalue weighted by Crippen LogP contribution is -1.94. The molecule has 7 nitrogen and oxygen atoms in total. The van der Waals surface area contributed by atoms with Gasteiger partial charge in [-0.1, -0.05) is 18.7 Å². The lowest BCUT2D eigenvalue weighted by Gasteiger charge is -2.01. The molecule has 114 valence electrons. The molecule has 0 unspecified atom stereocenters. The third-order valence-electron chi connectivity index (χ3n) is 2.88. The number of thioether (sulfide) groups is 2. The SMILES string of the molecule is CCSC1=NC(=Cc2cc3c(cc2[N+](=O)[O-])OCO3)C(=O)S1. The van der Waals surface area contributed by atoms with E-state index in [4.69, 9.17) is 9.47 Å². The predicted molar refractivity (Wildman–Crippen MR) is 85.4 cm³/mol. The van der Waals surface area contributed by atoms with Crippen LogP contribution >= 0.6 is 23.5 Å². The first-order chi connectivity index (χ1) is 10.6. The van der Waals surface area contributed by atoms with Crippen molar-refractivity contribution < 1.29 is 19.2 Å². The molecule has 3 rings (SSSR count). The normalized spacial score (nSPS) is 18.0. The van der Waals surface area contributed by atoms with E-state index in [0.29, 0.717) is 15.9 Å². The Morgan fingerprint density at radius 1 is 1.45 bits per heavy atom. The highest BCUT2D eigenvalue weighted by Crippen LogP contribution is 2.40. The van der Waals surface area contributed by atoms with Gasteiger partial charge in [0.25, 0.3) is 5.69 Å². The van der Waals surface area contributed by atoms with Crippen LogP contribution in [0.15, 0.2) is 22.8 Å². The maximum Gasteiger partial charge on any atom is 0.280 e. The summed E-state index contributed by atoms with van der Waals surface area (Å²) in [5.41, 5.74) is 0.314. The average molecular weight is 338 g/mol. The summed E-state index contributed by atoms with van der Waals surface area (Å²) in [6, 6.07) is 2.79. The number of carbonyl (C=O) groups is 1. The first-order valence-corrected chi connectivity index (χ1v) is 8.12. The maximum absolute atomic E-state index is 11.9. The highest BCUT2D eigenvalue weighted by molar-refractivity contribution is 8.45. The van der Waals surface area contributed by atoms with Crippen LogP contribution in [-0.2, 0) is 4.79 Å². The molecule has 0 aromatic heterocycles. The monoisotopic (exact) mass is 338 g/mol. The van der Waals surface area contributed by atoms with E-state index in [1.807, 2.05) is 6.92 Å². The number of nitrogens with zero attached hydrogens (tertiary/aromatic N) is 2. The van der Waals surface area contributed by atoms with Gasteiger partial charge in [-0.05, 0) is 29.7 Å². The van der Waals surface area contributed by atoms with E-state index in [2.05, 4.69) is 4.99 Å². The molecule has 2 aliphatic rings. The molecule has 9 heteroatoms. The number of nitro benzene ring substituents is 1. The fourth-order valence-electron chi connectivity index (χ4n) is 1.94. The van der Waals surface area contributed by atoms with E-state index in [1.54, 1.807) is 0 Å². The fraction of sp³-hybridized carbons (Fsp3) is 0.231. The van der Waals surface area contributed by atoms with Crippen molar-refractivity contribution in [2.75, 3.05) is 12.5 Å². The maximum atomic E-state index is 11.9. The van der Waals surface area contributed by atoms with Gasteiger partial charge in [0.15, 0.2) is 11.5 Å². The molecule has 0 amide bonds. The van der Waals surface area contributed by atoms with Gasteiger partial charge < -0.3 is 9.47 Å². The van der Waals surface area contributed by atoms with Gasteiger partial charge in [-0.15, -0.1) is 0 Å². The zero-order valence-corrected chi connectivity index (χ0v) is 13.0. The van der Waals surface area contributed by atoms with Crippen LogP contribution in [0.2, 0.25) is 0 Å². The standard InChI is InChI=1S/C13H10N2O5S2/c1-2-21-13-14-8(12(16)22-13)3-7-4-10-11(20-6-19-10)5-9(7)15(17)18/h3-5H,2,6H2,1H3. The van der Waals surface area contributed by atoms with Crippen molar-refractivity contribution in [1.82, 2.24) is 0 Å². The molecule has 2 aliphatic heterocycles. The molecule has 1 aromatic carbocycles. The van der Waals surface area contributed by atoms with Crippen LogP contribution in [0.25, 0.3) is 6.08 Å². The molecular formula is C13H10N2O5S2. The van der Waals surface area contributed by atoms with Crippen molar-refractivity contribution in [3.8, 4) is 11.5 Å². The number of hydrogen-bond donors (Lipinski definition) is 0. The Kier molecular flexibility index (Phi) is 4.08. The van der Waals surface area contributed by atoms with Crippen LogP contribution in [0.4, 0.5) is 5.69 Å². The van der Waals surface area contributed by atoms with E-state index in [9.17, 15) is 14.9 Å². The number of aliphatic imine (C=N–C) groups is 1. The second-order valence-electron chi connectivity index (χ2n) is 4.25. The summed E-state index contributed by atoms with van der Waals surface area (Å²) in [6.45, 7) is 1.99. The molecule has 0 atom stereocenters. The number of fused-ring (bicyclic) bond motifs is 1. The summed E-state index contributed by atoms with van der Waals surface area (Å²) in [6.07, 6.45) is 1.42. The van der Waals surface area contributed by atoms with Crippen LogP contribution in [0, 0.1) is 10.1 Å². The van der Waals surface area contributed by atoms with Crippen molar-refractivity contribution in [2.45, 2.75) is 6.92 Å². The quantitative estimate of drug-likeness (QED) is 0.475. The van der Waals surface area contributed by atoms with Crippen molar-refractivity contribution in [1.29, 1.82) is 0 Å². The Bertz CT molecular complexity index is 729. The Balaban J connectivity index is 2.03. The summed E-state index contributed by atoms with van der Waals surface area (Å²) in [5, 5.41) is 11.0. The molecule has 0 radical (unpaired) electrons. The summed E-state index contributed by atoms with van der Waals surface area (Å²) in [5.74, 6) is 1.55. The van der Waals surface area contributed by atoms with Crippen molar-refractivity contribution in [3.05, 3.63) is 33.5 Å². The lowest BCUT2D eigenvalue weighted by atomic mass is 10.1. The van der Waals surface area contributed by atoms with Crippen LogP contribution in [0.5, 0.6) is 11.5 Å². The molecule has 0 N–H and O–H groups in total. The third kappa shape index (κ3) is 2.81. The van der Waals surface area contributed by atoms with Crippen molar-refractivity contribution in [2.24, 2.45) is 4.99 Å². The van der Waals surface area contributed by atoms with E-state index in [1.165, 1.54) is 30.0 Å². The number of rotatable bonds is 3. The average Bonchev–Trinajstić information content (AvgIpc) is 3.05. The van der Waals surface area contributed by atoms with Crippen LogP contribution in [0.3, 0.4) is 0 Å². The van der Waals surface area contributed by atoms with Crippen molar-refractivity contribution in [3.63, 3.8) is 0 Å². The van der Waals surface area contributed by atoms with Gasteiger partial charge in [0.1, 0.15) is 10.1 Å². The molecule has 0 fully saturated rings. The van der Waals surface area contributed by atoms with Gasteiger partial charge in [0, 0.05) is 0 Å². The number of nitro groups is 1. The minimum absolute atomic E-state index is 0.0245. The molecule has 22 heavy (non-hydrogen) atoms. The predicted octanol–water partition coefficient (Wildman–Crippen LogP) is 3.05. The molecule has 0 saturated heterocycles. The summed E-state index contributed by atoms with van der Waals surface area (Å²) in [7, 11) is 0. The van der Waals surface area contributed by atoms with Crippen LogP contribution in [0.1, 0.15) is 12.5 Å². The Labute approximate surface area is 133 Å². The lowest BCUT2D eigenvalue weighted by molar-refractivity contribution is -0.385. The minimum atomic E-state index is -0.521. The number of benzene rings is 1. The van der Waals surface area contributed by atoms with E-state index in [0.717, 1.165) is 17.5 Å². The Morgan fingerprint density at radius 2 is 2.18 bits per heavy atom. The van der Waals surface area contributed by atoms with Gasteiger partial charge in [-0.3, -0.25) is 14.9 Å². The largest absolute Gasteiger partial charge is 0.454 e. The smallest absolute Gasteiger partial charge is 0.280 e. The molecule has 2 heterocycles. The van der Waals surface area contributed by atoms with E-state index in [-0.39, 0.29) is 28.9 Å². The summed E-state index contributed by atoms with van der Waals surface area (Å²) in [4.78, 5) is 26.8. The first-order valence-electron chi connectivity index (χ1n) is 6.32. The fourth-order valence-corrected chi connectivity index (χ4v) is 3.68. The molecule has 0 bridgehead atoms. The molecule has 0 spiro atoms.